The standard InChI is InChI=1S/C13H18BrNO4S/c1-2-19-12-4-3-11(14)7-13(12)20(17,18)15-6-5-10(8-15)9-16/h3-4,7,10,16H,2,5-6,8-9H2,1H3. The molecule has 0 amide bonds. The summed E-state index contributed by atoms with van der Waals surface area (Å²) >= 11 is 3.30. The Labute approximate surface area is 127 Å². The van der Waals surface area contributed by atoms with Gasteiger partial charge in [0, 0.05) is 24.2 Å². The molecular formula is C13H18BrNO4S. The Bertz CT molecular complexity index is 576. The Morgan fingerprint density at radius 3 is 2.85 bits per heavy atom. The molecule has 112 valence electrons. The third kappa shape index (κ3) is 3.16. The van der Waals surface area contributed by atoms with Crippen LogP contribution in [0.25, 0.3) is 0 Å². The minimum atomic E-state index is -3.59. The number of benzene rings is 1. The van der Waals surface area contributed by atoms with Crippen LogP contribution < -0.4 is 4.74 Å². The molecule has 1 fully saturated rings. The third-order valence-corrected chi connectivity index (χ3v) is 5.71. The zero-order chi connectivity index (χ0) is 14.8. The van der Waals surface area contributed by atoms with Crippen LogP contribution in [0.1, 0.15) is 13.3 Å². The van der Waals surface area contributed by atoms with Crippen molar-refractivity contribution in [2.24, 2.45) is 5.92 Å². The molecule has 1 N–H and O–H groups in total. The maximum absolute atomic E-state index is 12.7. The van der Waals surface area contributed by atoms with Crippen molar-refractivity contribution in [2.75, 3.05) is 26.3 Å². The summed E-state index contributed by atoms with van der Waals surface area (Å²) in [6.07, 6.45) is 0.688. The van der Waals surface area contributed by atoms with Crippen molar-refractivity contribution in [3.8, 4) is 5.75 Å². The van der Waals surface area contributed by atoms with Crippen molar-refractivity contribution in [3.05, 3.63) is 22.7 Å². The van der Waals surface area contributed by atoms with Gasteiger partial charge in [0.2, 0.25) is 10.0 Å². The molecule has 0 spiro atoms. The number of hydrogen-bond donors (Lipinski definition) is 1. The molecule has 0 bridgehead atoms. The first-order chi connectivity index (χ1) is 9.48. The van der Waals surface area contributed by atoms with Crippen molar-refractivity contribution in [1.29, 1.82) is 0 Å². The number of aliphatic hydroxyl groups is 1. The molecule has 1 atom stereocenters. The fourth-order valence-electron chi connectivity index (χ4n) is 2.26. The third-order valence-electron chi connectivity index (χ3n) is 3.33. The van der Waals surface area contributed by atoms with Gasteiger partial charge >= 0.3 is 0 Å². The lowest BCUT2D eigenvalue weighted by molar-refractivity contribution is 0.233. The summed E-state index contributed by atoms with van der Waals surface area (Å²) in [5.41, 5.74) is 0. The van der Waals surface area contributed by atoms with Gasteiger partial charge in [0.05, 0.1) is 6.61 Å². The van der Waals surface area contributed by atoms with Crippen LogP contribution >= 0.6 is 15.9 Å². The Balaban J connectivity index is 2.36. The van der Waals surface area contributed by atoms with Crippen LogP contribution in [-0.4, -0.2) is 44.1 Å². The quantitative estimate of drug-likeness (QED) is 0.866. The van der Waals surface area contributed by atoms with Crippen LogP contribution in [0.5, 0.6) is 5.75 Å². The lowest BCUT2D eigenvalue weighted by atomic mass is 10.1. The molecule has 1 saturated heterocycles. The van der Waals surface area contributed by atoms with Crippen LogP contribution in [0, 0.1) is 5.92 Å². The van der Waals surface area contributed by atoms with Gasteiger partial charge < -0.3 is 9.84 Å². The first-order valence-corrected chi connectivity index (χ1v) is 8.75. The fraction of sp³-hybridized carbons (Fsp3) is 0.538. The molecule has 0 aromatic heterocycles. The SMILES string of the molecule is CCOc1ccc(Br)cc1S(=O)(=O)N1CCC(CO)C1. The summed E-state index contributed by atoms with van der Waals surface area (Å²) in [5.74, 6) is 0.385. The lowest BCUT2D eigenvalue weighted by Gasteiger charge is -2.19. The summed E-state index contributed by atoms with van der Waals surface area (Å²) < 4.78 is 32.9. The van der Waals surface area contributed by atoms with Gasteiger partial charge in [-0.05, 0) is 37.5 Å². The molecule has 1 aliphatic heterocycles. The topological polar surface area (TPSA) is 66.8 Å². The number of aliphatic hydroxyl groups excluding tert-OH is 1. The van der Waals surface area contributed by atoms with E-state index >= 15 is 0 Å². The average Bonchev–Trinajstić information content (AvgIpc) is 2.90. The Morgan fingerprint density at radius 2 is 2.25 bits per heavy atom. The summed E-state index contributed by atoms with van der Waals surface area (Å²) in [7, 11) is -3.59. The Hall–Kier alpha value is -0.630. The predicted molar refractivity (Wildman–Crippen MR) is 79.3 cm³/mol. The highest BCUT2D eigenvalue weighted by Crippen LogP contribution is 2.32. The second-order valence-corrected chi connectivity index (χ2v) is 7.55. The first kappa shape index (κ1) is 15.8. The van der Waals surface area contributed by atoms with E-state index in [4.69, 9.17) is 9.84 Å². The second-order valence-electron chi connectivity index (χ2n) is 4.72. The minimum Gasteiger partial charge on any atom is -0.492 e. The second kappa shape index (κ2) is 6.43. The zero-order valence-corrected chi connectivity index (χ0v) is 13.7. The summed E-state index contributed by atoms with van der Waals surface area (Å²) in [4.78, 5) is 0.173. The molecule has 5 nitrogen and oxygen atoms in total. The van der Waals surface area contributed by atoms with Gasteiger partial charge in [0.15, 0.2) is 0 Å². The fourth-order valence-corrected chi connectivity index (χ4v) is 4.46. The average molecular weight is 364 g/mol. The predicted octanol–water partition coefficient (Wildman–Crippen LogP) is 1.85. The van der Waals surface area contributed by atoms with E-state index in [2.05, 4.69) is 15.9 Å². The van der Waals surface area contributed by atoms with Crippen LogP contribution in [0.2, 0.25) is 0 Å². The van der Waals surface area contributed by atoms with Crippen molar-refractivity contribution < 1.29 is 18.3 Å². The van der Waals surface area contributed by atoms with Crippen LogP contribution in [0.3, 0.4) is 0 Å². The van der Waals surface area contributed by atoms with Gasteiger partial charge in [-0.25, -0.2) is 8.42 Å². The van der Waals surface area contributed by atoms with E-state index in [1.165, 1.54) is 4.31 Å². The van der Waals surface area contributed by atoms with E-state index in [0.29, 0.717) is 36.3 Å². The first-order valence-electron chi connectivity index (χ1n) is 6.52. The zero-order valence-electron chi connectivity index (χ0n) is 11.3. The highest BCUT2D eigenvalue weighted by Gasteiger charge is 2.34. The highest BCUT2D eigenvalue weighted by atomic mass is 79.9. The van der Waals surface area contributed by atoms with Gasteiger partial charge in [0.25, 0.3) is 0 Å². The maximum atomic E-state index is 12.7. The van der Waals surface area contributed by atoms with Gasteiger partial charge in [-0.15, -0.1) is 0 Å². The number of sulfonamides is 1. The smallest absolute Gasteiger partial charge is 0.246 e. The van der Waals surface area contributed by atoms with Crippen LogP contribution in [0.15, 0.2) is 27.6 Å². The lowest BCUT2D eigenvalue weighted by Crippen LogP contribution is -2.29. The number of hydrogen-bond acceptors (Lipinski definition) is 4. The van der Waals surface area contributed by atoms with Gasteiger partial charge in [0.1, 0.15) is 10.6 Å². The number of halogens is 1. The molecule has 1 heterocycles. The van der Waals surface area contributed by atoms with Crippen molar-refractivity contribution >= 4 is 26.0 Å². The summed E-state index contributed by atoms with van der Waals surface area (Å²) in [6, 6.07) is 4.97. The molecule has 20 heavy (non-hydrogen) atoms. The molecule has 1 aromatic carbocycles. The largest absolute Gasteiger partial charge is 0.492 e. The van der Waals surface area contributed by atoms with Crippen LogP contribution in [0.4, 0.5) is 0 Å². The van der Waals surface area contributed by atoms with E-state index in [1.54, 1.807) is 18.2 Å². The molecular weight excluding hydrogens is 346 g/mol. The molecule has 0 saturated carbocycles. The van der Waals surface area contributed by atoms with E-state index < -0.39 is 10.0 Å². The van der Waals surface area contributed by atoms with Crippen LogP contribution in [-0.2, 0) is 10.0 Å². The minimum absolute atomic E-state index is 0.0167. The van der Waals surface area contributed by atoms with E-state index in [0.717, 1.165) is 0 Å². The molecule has 1 aliphatic rings. The van der Waals surface area contributed by atoms with Gasteiger partial charge in [-0.1, -0.05) is 15.9 Å². The molecule has 0 radical (unpaired) electrons. The van der Waals surface area contributed by atoms with Crippen molar-refractivity contribution in [2.45, 2.75) is 18.2 Å². The summed E-state index contributed by atoms with van der Waals surface area (Å²) in [5, 5.41) is 9.15. The summed E-state index contributed by atoms with van der Waals surface area (Å²) in [6.45, 7) is 3.03. The normalized spacial score (nSPS) is 20.2. The molecule has 2 rings (SSSR count). The molecule has 1 aromatic rings. The number of rotatable bonds is 5. The van der Waals surface area contributed by atoms with E-state index in [9.17, 15) is 8.42 Å². The number of nitrogens with zero attached hydrogens (tertiary/aromatic N) is 1. The number of ether oxygens (including phenoxy) is 1. The molecule has 0 aliphatic carbocycles. The highest BCUT2D eigenvalue weighted by molar-refractivity contribution is 9.10. The van der Waals surface area contributed by atoms with Gasteiger partial charge in [-0.2, -0.15) is 4.31 Å². The van der Waals surface area contributed by atoms with E-state index in [1.807, 2.05) is 6.92 Å². The van der Waals surface area contributed by atoms with E-state index in [-0.39, 0.29) is 17.4 Å². The van der Waals surface area contributed by atoms with Crippen molar-refractivity contribution in [1.82, 2.24) is 4.31 Å². The Morgan fingerprint density at radius 1 is 1.50 bits per heavy atom. The maximum Gasteiger partial charge on any atom is 0.246 e. The monoisotopic (exact) mass is 363 g/mol. The molecule has 7 heteroatoms. The van der Waals surface area contributed by atoms with Gasteiger partial charge in [-0.3, -0.25) is 0 Å². The Kier molecular flexibility index (Phi) is 5.06. The molecule has 1 unspecified atom stereocenters. The van der Waals surface area contributed by atoms with Crippen molar-refractivity contribution in [3.63, 3.8) is 0 Å².